The topological polar surface area (TPSA) is 21.3 Å². The smallest absolute Gasteiger partial charge is 0.121 e. The number of benzene rings is 2. The minimum Gasteiger partial charge on any atom is -0.496 e. The summed E-state index contributed by atoms with van der Waals surface area (Å²) in [6.45, 7) is 2.06. The van der Waals surface area contributed by atoms with Gasteiger partial charge in [0, 0.05) is 21.4 Å². The second-order valence-electron chi connectivity index (χ2n) is 5.20. The lowest BCUT2D eigenvalue weighted by Gasteiger charge is -2.27. The second kappa shape index (κ2) is 6.20. The van der Waals surface area contributed by atoms with Crippen molar-refractivity contribution in [3.8, 4) is 5.75 Å². The molecular formula is C17H18ClNOS. The third-order valence-corrected chi connectivity index (χ3v) is 5.10. The highest BCUT2D eigenvalue weighted by Gasteiger charge is 2.21. The summed E-state index contributed by atoms with van der Waals surface area (Å²) in [6, 6.07) is 12.7. The third-order valence-electron chi connectivity index (χ3n) is 3.75. The van der Waals surface area contributed by atoms with Gasteiger partial charge < -0.3 is 10.1 Å². The van der Waals surface area contributed by atoms with Crippen molar-refractivity contribution in [1.82, 2.24) is 0 Å². The van der Waals surface area contributed by atoms with Crippen molar-refractivity contribution in [2.24, 2.45) is 0 Å². The first-order valence-electron chi connectivity index (χ1n) is 7.01. The van der Waals surface area contributed by atoms with E-state index in [1.165, 1.54) is 10.5 Å². The van der Waals surface area contributed by atoms with Crippen LogP contribution in [-0.4, -0.2) is 12.9 Å². The molecule has 1 atom stereocenters. The monoisotopic (exact) mass is 319 g/mol. The Kier molecular flexibility index (Phi) is 4.32. The van der Waals surface area contributed by atoms with E-state index < -0.39 is 0 Å². The van der Waals surface area contributed by atoms with Gasteiger partial charge in [-0.15, -0.1) is 11.8 Å². The fraction of sp³-hybridized carbons (Fsp3) is 0.294. The number of methoxy groups -OCH3 is 1. The Morgan fingerprint density at radius 2 is 2.10 bits per heavy atom. The van der Waals surface area contributed by atoms with Crippen LogP contribution in [0.25, 0.3) is 0 Å². The molecule has 0 saturated heterocycles. The van der Waals surface area contributed by atoms with E-state index in [0.717, 1.165) is 34.2 Å². The molecular weight excluding hydrogens is 302 g/mol. The van der Waals surface area contributed by atoms with Gasteiger partial charge in [-0.25, -0.2) is 0 Å². The van der Waals surface area contributed by atoms with Gasteiger partial charge in [-0.3, -0.25) is 0 Å². The zero-order valence-electron chi connectivity index (χ0n) is 12.2. The summed E-state index contributed by atoms with van der Waals surface area (Å²) in [5.41, 5.74) is 3.56. The molecule has 21 heavy (non-hydrogen) atoms. The molecule has 1 N–H and O–H groups in total. The number of anilines is 1. The number of aryl methyl sites for hydroxylation is 1. The van der Waals surface area contributed by atoms with Gasteiger partial charge in [0.1, 0.15) is 5.75 Å². The Balaban J connectivity index is 1.86. The van der Waals surface area contributed by atoms with Gasteiger partial charge in [-0.1, -0.05) is 11.6 Å². The van der Waals surface area contributed by atoms with Crippen LogP contribution in [-0.2, 0) is 0 Å². The summed E-state index contributed by atoms with van der Waals surface area (Å²) in [5, 5.41) is 4.43. The van der Waals surface area contributed by atoms with E-state index in [2.05, 4.69) is 36.5 Å². The van der Waals surface area contributed by atoms with Crippen molar-refractivity contribution in [1.29, 1.82) is 0 Å². The molecule has 0 saturated carbocycles. The number of ether oxygens (including phenoxy) is 1. The highest BCUT2D eigenvalue weighted by atomic mass is 35.5. The van der Waals surface area contributed by atoms with E-state index in [1.54, 1.807) is 7.11 Å². The Morgan fingerprint density at radius 3 is 2.86 bits per heavy atom. The molecule has 4 heteroatoms. The number of thioether (sulfide) groups is 1. The summed E-state index contributed by atoms with van der Waals surface area (Å²) in [5.74, 6) is 2.05. The van der Waals surface area contributed by atoms with Gasteiger partial charge in [-0.2, -0.15) is 0 Å². The van der Waals surface area contributed by atoms with Gasteiger partial charge in [0.25, 0.3) is 0 Å². The molecule has 110 valence electrons. The summed E-state index contributed by atoms with van der Waals surface area (Å²) >= 11 is 8.06. The van der Waals surface area contributed by atoms with E-state index >= 15 is 0 Å². The molecule has 1 unspecified atom stereocenters. The Labute approximate surface area is 134 Å². The van der Waals surface area contributed by atoms with Crippen LogP contribution in [0.5, 0.6) is 5.75 Å². The molecule has 0 radical (unpaired) electrons. The lowest BCUT2D eigenvalue weighted by atomic mass is 10.0. The standard InChI is InChI=1S/C17H18ClNOS/c1-11-9-13(4-5-16(11)20-2)19-15-7-8-21-17-6-3-12(18)10-14(15)17/h3-6,9-10,15,19H,7-8H2,1-2H3. The molecule has 0 spiro atoms. The molecule has 0 aliphatic carbocycles. The van der Waals surface area contributed by atoms with Gasteiger partial charge >= 0.3 is 0 Å². The molecule has 2 aromatic carbocycles. The molecule has 2 nitrogen and oxygen atoms in total. The molecule has 0 aromatic heterocycles. The fourth-order valence-corrected chi connectivity index (χ4v) is 3.97. The SMILES string of the molecule is COc1ccc(NC2CCSc3ccc(Cl)cc32)cc1C. The van der Waals surface area contributed by atoms with E-state index in [0.29, 0.717) is 6.04 Å². The van der Waals surface area contributed by atoms with Crippen LogP contribution in [0, 0.1) is 6.92 Å². The van der Waals surface area contributed by atoms with Gasteiger partial charge in [-0.05, 0) is 60.9 Å². The van der Waals surface area contributed by atoms with Crippen molar-refractivity contribution in [3.05, 3.63) is 52.5 Å². The number of fused-ring (bicyclic) bond motifs is 1. The number of nitrogens with one attached hydrogen (secondary N) is 1. The largest absolute Gasteiger partial charge is 0.496 e. The van der Waals surface area contributed by atoms with Gasteiger partial charge in [0.2, 0.25) is 0 Å². The van der Waals surface area contributed by atoms with Crippen LogP contribution < -0.4 is 10.1 Å². The summed E-state index contributed by atoms with van der Waals surface area (Å²) in [6.07, 6.45) is 1.10. The highest BCUT2D eigenvalue weighted by Crippen LogP contribution is 2.39. The maximum Gasteiger partial charge on any atom is 0.121 e. The van der Waals surface area contributed by atoms with E-state index in [4.69, 9.17) is 16.3 Å². The predicted octanol–water partition coefficient (Wildman–Crippen LogP) is 5.31. The lowest BCUT2D eigenvalue weighted by molar-refractivity contribution is 0.412. The number of hydrogen-bond donors (Lipinski definition) is 1. The molecule has 0 fully saturated rings. The van der Waals surface area contributed by atoms with Gasteiger partial charge in [0.05, 0.1) is 13.2 Å². The molecule has 1 heterocycles. The average molecular weight is 320 g/mol. The normalized spacial score (nSPS) is 17.2. The second-order valence-corrected chi connectivity index (χ2v) is 6.77. The maximum atomic E-state index is 6.16. The van der Waals surface area contributed by atoms with Crippen LogP contribution in [0.1, 0.15) is 23.6 Å². The Morgan fingerprint density at radius 1 is 1.24 bits per heavy atom. The lowest BCUT2D eigenvalue weighted by Crippen LogP contribution is -2.16. The Hall–Kier alpha value is -1.32. The first kappa shape index (κ1) is 14.6. The van der Waals surface area contributed by atoms with Crippen LogP contribution >= 0.6 is 23.4 Å². The minimum atomic E-state index is 0.313. The van der Waals surface area contributed by atoms with Crippen molar-refractivity contribution < 1.29 is 4.74 Å². The molecule has 1 aliphatic rings. The first-order chi connectivity index (χ1) is 10.2. The minimum absolute atomic E-state index is 0.313. The molecule has 2 aromatic rings. The first-order valence-corrected chi connectivity index (χ1v) is 8.37. The average Bonchev–Trinajstić information content (AvgIpc) is 2.48. The zero-order valence-corrected chi connectivity index (χ0v) is 13.7. The molecule has 3 rings (SSSR count). The van der Waals surface area contributed by atoms with Crippen LogP contribution in [0.15, 0.2) is 41.3 Å². The number of hydrogen-bond acceptors (Lipinski definition) is 3. The maximum absolute atomic E-state index is 6.16. The molecule has 1 aliphatic heterocycles. The molecule has 0 amide bonds. The highest BCUT2D eigenvalue weighted by molar-refractivity contribution is 7.99. The predicted molar refractivity (Wildman–Crippen MR) is 90.9 cm³/mol. The zero-order chi connectivity index (χ0) is 14.8. The summed E-state index contributed by atoms with van der Waals surface area (Å²) in [7, 11) is 1.70. The van der Waals surface area contributed by atoms with Crippen LogP contribution in [0.4, 0.5) is 5.69 Å². The molecule has 0 bridgehead atoms. The van der Waals surface area contributed by atoms with Gasteiger partial charge in [0.15, 0.2) is 0 Å². The quantitative estimate of drug-likeness (QED) is 0.828. The van der Waals surface area contributed by atoms with Crippen LogP contribution in [0.2, 0.25) is 5.02 Å². The van der Waals surface area contributed by atoms with E-state index in [1.807, 2.05) is 23.9 Å². The number of rotatable bonds is 3. The van der Waals surface area contributed by atoms with E-state index in [-0.39, 0.29) is 0 Å². The third kappa shape index (κ3) is 3.14. The summed E-state index contributed by atoms with van der Waals surface area (Å²) in [4.78, 5) is 1.33. The fourth-order valence-electron chi connectivity index (χ4n) is 2.68. The van der Waals surface area contributed by atoms with Crippen LogP contribution in [0.3, 0.4) is 0 Å². The van der Waals surface area contributed by atoms with Crippen molar-refractivity contribution in [2.45, 2.75) is 24.3 Å². The number of halogens is 1. The summed E-state index contributed by atoms with van der Waals surface area (Å²) < 4.78 is 5.31. The van der Waals surface area contributed by atoms with Crippen molar-refractivity contribution in [2.75, 3.05) is 18.2 Å². The van der Waals surface area contributed by atoms with Crippen molar-refractivity contribution in [3.63, 3.8) is 0 Å². The van der Waals surface area contributed by atoms with Crippen molar-refractivity contribution >= 4 is 29.1 Å². The Bertz CT molecular complexity index is 659. The van der Waals surface area contributed by atoms with E-state index in [9.17, 15) is 0 Å².